The summed E-state index contributed by atoms with van der Waals surface area (Å²) in [6.45, 7) is 1.98. The highest BCUT2D eigenvalue weighted by Gasteiger charge is 2.03. The maximum Gasteiger partial charge on any atom is 0.130 e. The van der Waals surface area contributed by atoms with E-state index in [1.54, 1.807) is 6.20 Å². The van der Waals surface area contributed by atoms with E-state index in [9.17, 15) is 0 Å². The first-order chi connectivity index (χ1) is 9.22. The Labute approximate surface area is 111 Å². The van der Waals surface area contributed by atoms with Crippen LogP contribution in [0, 0.1) is 6.92 Å². The molecule has 2 heterocycles. The van der Waals surface area contributed by atoms with Crippen molar-refractivity contribution in [2.45, 2.75) is 6.92 Å². The molecule has 0 spiro atoms. The summed E-state index contributed by atoms with van der Waals surface area (Å²) >= 11 is 0. The number of nitrogens with two attached hydrogens (primary N) is 1. The van der Waals surface area contributed by atoms with Crippen LogP contribution in [0.15, 0.2) is 48.7 Å². The second-order valence-corrected chi connectivity index (χ2v) is 4.43. The molecule has 0 amide bonds. The number of aromatic nitrogens is 2. The summed E-state index contributed by atoms with van der Waals surface area (Å²) < 4.78 is 0. The normalized spacial score (nSPS) is 10.6. The van der Waals surface area contributed by atoms with Gasteiger partial charge in [-0.1, -0.05) is 18.2 Å². The van der Waals surface area contributed by atoms with Gasteiger partial charge in [-0.25, -0.2) is 4.98 Å². The van der Waals surface area contributed by atoms with Gasteiger partial charge in [-0.3, -0.25) is 4.98 Å². The molecule has 0 fully saturated rings. The zero-order valence-electron chi connectivity index (χ0n) is 10.6. The Morgan fingerprint density at radius 2 is 1.95 bits per heavy atom. The van der Waals surface area contributed by atoms with Crippen LogP contribution in [-0.4, -0.2) is 9.97 Å². The van der Waals surface area contributed by atoms with Gasteiger partial charge in [0, 0.05) is 11.1 Å². The van der Waals surface area contributed by atoms with Gasteiger partial charge in [0.25, 0.3) is 0 Å². The van der Waals surface area contributed by atoms with E-state index in [2.05, 4.69) is 21.4 Å². The second-order valence-electron chi connectivity index (χ2n) is 4.43. The summed E-state index contributed by atoms with van der Waals surface area (Å²) in [5.41, 5.74) is 9.16. The van der Waals surface area contributed by atoms with Crippen molar-refractivity contribution >= 4 is 28.1 Å². The number of rotatable bonds is 2. The van der Waals surface area contributed by atoms with E-state index in [0.29, 0.717) is 5.69 Å². The highest BCUT2D eigenvalue weighted by Crippen LogP contribution is 2.24. The molecule has 94 valence electrons. The first-order valence-corrected chi connectivity index (χ1v) is 6.07. The minimum absolute atomic E-state index is 0.650. The second kappa shape index (κ2) is 4.57. The number of benzene rings is 1. The number of aryl methyl sites for hydroxylation is 1. The van der Waals surface area contributed by atoms with E-state index in [4.69, 9.17) is 5.73 Å². The van der Waals surface area contributed by atoms with Crippen LogP contribution >= 0.6 is 0 Å². The van der Waals surface area contributed by atoms with Gasteiger partial charge in [-0.2, -0.15) is 0 Å². The van der Waals surface area contributed by atoms with Crippen molar-refractivity contribution < 1.29 is 0 Å². The van der Waals surface area contributed by atoms with Crippen molar-refractivity contribution in [3.05, 3.63) is 54.4 Å². The molecule has 0 unspecified atom stereocenters. The fraction of sp³-hybridized carbons (Fsp3) is 0.0667. The number of para-hydroxylation sites is 1. The predicted octanol–water partition coefficient (Wildman–Crippen LogP) is 3.26. The molecule has 0 aliphatic rings. The number of pyridine rings is 2. The van der Waals surface area contributed by atoms with E-state index in [0.717, 1.165) is 28.1 Å². The molecule has 3 aromatic rings. The first-order valence-electron chi connectivity index (χ1n) is 6.07. The molecule has 0 saturated carbocycles. The molecular weight excluding hydrogens is 236 g/mol. The van der Waals surface area contributed by atoms with Crippen LogP contribution in [0.3, 0.4) is 0 Å². The van der Waals surface area contributed by atoms with Crippen LogP contribution in [-0.2, 0) is 0 Å². The number of hydrogen-bond acceptors (Lipinski definition) is 4. The summed E-state index contributed by atoms with van der Waals surface area (Å²) in [5, 5.41) is 4.37. The van der Waals surface area contributed by atoms with Gasteiger partial charge in [-0.05, 0) is 31.2 Å². The topological polar surface area (TPSA) is 63.8 Å². The fourth-order valence-corrected chi connectivity index (χ4v) is 1.96. The van der Waals surface area contributed by atoms with Gasteiger partial charge in [0.05, 0.1) is 23.1 Å². The van der Waals surface area contributed by atoms with Crippen molar-refractivity contribution in [2.75, 3.05) is 11.1 Å². The molecule has 3 N–H and O–H groups in total. The molecule has 19 heavy (non-hydrogen) atoms. The summed E-state index contributed by atoms with van der Waals surface area (Å²) in [6.07, 6.45) is 1.63. The molecule has 0 radical (unpaired) electrons. The third kappa shape index (κ3) is 2.33. The zero-order valence-corrected chi connectivity index (χ0v) is 10.6. The third-order valence-electron chi connectivity index (χ3n) is 2.91. The highest BCUT2D eigenvalue weighted by atomic mass is 15.0. The Hall–Kier alpha value is -2.62. The van der Waals surface area contributed by atoms with E-state index >= 15 is 0 Å². The van der Waals surface area contributed by atoms with Crippen molar-refractivity contribution in [1.29, 1.82) is 0 Å². The number of nitrogens with zero attached hydrogens (tertiary/aromatic N) is 2. The molecule has 0 saturated heterocycles. The number of hydrogen-bond donors (Lipinski definition) is 2. The van der Waals surface area contributed by atoms with Gasteiger partial charge >= 0.3 is 0 Å². The molecular formula is C15H14N4. The van der Waals surface area contributed by atoms with Gasteiger partial charge in [0.15, 0.2) is 0 Å². The number of nitrogens with one attached hydrogen (secondary N) is 1. The Morgan fingerprint density at radius 3 is 2.74 bits per heavy atom. The summed E-state index contributed by atoms with van der Waals surface area (Å²) in [4.78, 5) is 8.81. The number of fused-ring (bicyclic) bond motifs is 1. The van der Waals surface area contributed by atoms with E-state index in [1.165, 1.54) is 0 Å². The Morgan fingerprint density at radius 1 is 1.05 bits per heavy atom. The van der Waals surface area contributed by atoms with Gasteiger partial charge in [-0.15, -0.1) is 0 Å². The lowest BCUT2D eigenvalue weighted by atomic mass is 10.1. The maximum atomic E-state index is 5.63. The third-order valence-corrected chi connectivity index (χ3v) is 2.91. The molecule has 0 aliphatic carbocycles. The standard InChI is InChI=1S/C15H14N4/c1-10-5-6-11-3-2-4-13(15(11)18-10)19-14-8-7-12(16)9-17-14/h2-9H,16H2,1H3,(H,17,19). The zero-order chi connectivity index (χ0) is 13.2. The summed E-state index contributed by atoms with van der Waals surface area (Å²) in [6, 6.07) is 13.8. The number of nitrogen functional groups attached to an aromatic ring is 1. The van der Waals surface area contributed by atoms with Crippen LogP contribution in [0.2, 0.25) is 0 Å². The maximum absolute atomic E-state index is 5.63. The van der Waals surface area contributed by atoms with Crippen LogP contribution in [0.1, 0.15) is 5.69 Å². The molecule has 4 nitrogen and oxygen atoms in total. The molecule has 3 rings (SSSR count). The predicted molar refractivity (Wildman–Crippen MR) is 78.4 cm³/mol. The monoisotopic (exact) mass is 250 g/mol. The van der Waals surface area contributed by atoms with E-state index in [1.807, 2.05) is 43.3 Å². The lowest BCUT2D eigenvalue weighted by molar-refractivity contribution is 1.25. The smallest absolute Gasteiger partial charge is 0.130 e. The van der Waals surface area contributed by atoms with Crippen LogP contribution in [0.25, 0.3) is 10.9 Å². The van der Waals surface area contributed by atoms with Crippen molar-refractivity contribution in [2.24, 2.45) is 0 Å². The average molecular weight is 250 g/mol. The lowest BCUT2D eigenvalue weighted by Crippen LogP contribution is -1.96. The van der Waals surface area contributed by atoms with E-state index in [-0.39, 0.29) is 0 Å². The largest absolute Gasteiger partial charge is 0.397 e. The van der Waals surface area contributed by atoms with Crippen LogP contribution in [0.4, 0.5) is 17.2 Å². The SMILES string of the molecule is Cc1ccc2cccc(Nc3ccc(N)cn3)c2n1. The van der Waals surface area contributed by atoms with Crippen molar-refractivity contribution in [1.82, 2.24) is 9.97 Å². The lowest BCUT2D eigenvalue weighted by Gasteiger charge is -2.09. The van der Waals surface area contributed by atoms with Gasteiger partial charge in [0.1, 0.15) is 5.82 Å². The quantitative estimate of drug-likeness (QED) is 0.732. The summed E-state index contributed by atoms with van der Waals surface area (Å²) in [7, 11) is 0. The minimum Gasteiger partial charge on any atom is -0.397 e. The first kappa shape index (κ1) is 11.5. The highest BCUT2D eigenvalue weighted by molar-refractivity contribution is 5.91. The Kier molecular flexibility index (Phi) is 2.76. The minimum atomic E-state index is 0.650. The Balaban J connectivity index is 2.05. The van der Waals surface area contributed by atoms with Crippen molar-refractivity contribution in [3.63, 3.8) is 0 Å². The average Bonchev–Trinajstić information content (AvgIpc) is 2.42. The molecule has 2 aromatic heterocycles. The molecule has 0 aliphatic heterocycles. The van der Waals surface area contributed by atoms with Gasteiger partial charge in [0.2, 0.25) is 0 Å². The number of anilines is 3. The summed E-state index contributed by atoms with van der Waals surface area (Å²) in [5.74, 6) is 0.755. The van der Waals surface area contributed by atoms with E-state index < -0.39 is 0 Å². The van der Waals surface area contributed by atoms with Gasteiger partial charge < -0.3 is 11.1 Å². The van der Waals surface area contributed by atoms with Crippen LogP contribution < -0.4 is 11.1 Å². The fourth-order valence-electron chi connectivity index (χ4n) is 1.96. The van der Waals surface area contributed by atoms with Crippen LogP contribution in [0.5, 0.6) is 0 Å². The molecule has 4 heteroatoms. The molecule has 0 bridgehead atoms. The Bertz CT molecular complexity index is 720. The molecule has 0 atom stereocenters. The molecule has 1 aromatic carbocycles. The van der Waals surface area contributed by atoms with Crippen molar-refractivity contribution in [3.8, 4) is 0 Å².